The lowest BCUT2D eigenvalue weighted by Gasteiger charge is -2.21. The van der Waals surface area contributed by atoms with Gasteiger partial charge < -0.3 is 9.47 Å². The Morgan fingerprint density at radius 3 is 2.40 bits per heavy atom. The van der Waals surface area contributed by atoms with Gasteiger partial charge in [-0.3, -0.25) is 0 Å². The second-order valence-electron chi connectivity index (χ2n) is 3.93. The van der Waals surface area contributed by atoms with Gasteiger partial charge in [-0.1, -0.05) is 11.8 Å². The van der Waals surface area contributed by atoms with E-state index >= 15 is 0 Å². The van der Waals surface area contributed by atoms with E-state index in [1.54, 1.807) is 12.1 Å². The maximum absolute atomic E-state index is 13.7. The van der Waals surface area contributed by atoms with E-state index in [1.807, 2.05) is 0 Å². The van der Waals surface area contributed by atoms with Crippen molar-refractivity contribution in [3.8, 4) is 17.2 Å². The van der Waals surface area contributed by atoms with E-state index < -0.39 is 33.9 Å². The summed E-state index contributed by atoms with van der Waals surface area (Å²) in [6.07, 6.45) is 0. The molecule has 0 fully saturated rings. The summed E-state index contributed by atoms with van der Waals surface area (Å²) in [5.74, 6) is -6.80. The van der Waals surface area contributed by atoms with Crippen LogP contribution in [0.3, 0.4) is 0 Å². The molecular weight excluding hydrogens is 296 g/mol. The standard InChI is InChI=1S/C13H6F4O2S/c1-18-5-2-3-7-6(4-5)19-12-10(16)8(14)9(15)11(17)13(12)20-7/h2-4H,1H3. The average Bonchev–Trinajstić information content (AvgIpc) is 2.48. The van der Waals surface area contributed by atoms with Crippen molar-refractivity contribution in [3.05, 3.63) is 41.5 Å². The number of hydrogen-bond acceptors (Lipinski definition) is 3. The van der Waals surface area contributed by atoms with Gasteiger partial charge in [0.15, 0.2) is 17.4 Å². The van der Waals surface area contributed by atoms with Gasteiger partial charge in [-0.15, -0.1) is 0 Å². The van der Waals surface area contributed by atoms with Crippen LogP contribution in [0.2, 0.25) is 0 Å². The van der Waals surface area contributed by atoms with Crippen molar-refractivity contribution < 1.29 is 27.0 Å². The first-order valence-electron chi connectivity index (χ1n) is 5.42. The van der Waals surface area contributed by atoms with E-state index in [1.165, 1.54) is 13.2 Å². The van der Waals surface area contributed by atoms with E-state index in [0.29, 0.717) is 10.6 Å². The molecule has 3 rings (SSSR count). The number of halogens is 4. The molecule has 0 unspecified atom stereocenters. The van der Waals surface area contributed by atoms with Crippen LogP contribution in [0.25, 0.3) is 0 Å². The summed E-state index contributed by atoms with van der Waals surface area (Å²) in [6.45, 7) is 0. The second-order valence-corrected chi connectivity index (χ2v) is 4.98. The zero-order valence-corrected chi connectivity index (χ0v) is 10.8. The largest absolute Gasteiger partial charge is 0.497 e. The van der Waals surface area contributed by atoms with E-state index in [2.05, 4.69) is 0 Å². The van der Waals surface area contributed by atoms with Crippen molar-refractivity contribution in [3.63, 3.8) is 0 Å². The molecule has 0 N–H and O–H groups in total. The summed E-state index contributed by atoms with van der Waals surface area (Å²) < 4.78 is 63.8. The van der Waals surface area contributed by atoms with Crippen LogP contribution in [0.4, 0.5) is 17.6 Å². The fourth-order valence-electron chi connectivity index (χ4n) is 1.77. The lowest BCUT2D eigenvalue weighted by molar-refractivity contribution is 0.347. The molecule has 0 atom stereocenters. The highest BCUT2D eigenvalue weighted by Gasteiger charge is 2.31. The monoisotopic (exact) mass is 302 g/mol. The van der Waals surface area contributed by atoms with Crippen LogP contribution in [0.1, 0.15) is 0 Å². The normalized spacial score (nSPS) is 12.4. The van der Waals surface area contributed by atoms with Gasteiger partial charge >= 0.3 is 0 Å². The van der Waals surface area contributed by atoms with E-state index in [-0.39, 0.29) is 5.75 Å². The molecule has 2 aromatic carbocycles. The Morgan fingerprint density at radius 1 is 1.00 bits per heavy atom. The van der Waals surface area contributed by atoms with Gasteiger partial charge in [0.25, 0.3) is 0 Å². The molecule has 2 aromatic rings. The molecule has 0 amide bonds. The van der Waals surface area contributed by atoms with Crippen LogP contribution < -0.4 is 9.47 Å². The van der Waals surface area contributed by atoms with Gasteiger partial charge in [0.05, 0.1) is 16.9 Å². The Morgan fingerprint density at radius 2 is 1.70 bits per heavy atom. The predicted octanol–water partition coefficient (Wildman–Crippen LogP) is 4.51. The Hall–Kier alpha value is -1.89. The third-order valence-electron chi connectivity index (χ3n) is 2.76. The summed E-state index contributed by atoms with van der Waals surface area (Å²) in [4.78, 5) is 0.0293. The summed E-state index contributed by atoms with van der Waals surface area (Å²) in [5, 5.41) is 0. The predicted molar refractivity (Wildman–Crippen MR) is 63.5 cm³/mol. The highest BCUT2D eigenvalue weighted by atomic mass is 32.2. The van der Waals surface area contributed by atoms with Crippen molar-refractivity contribution in [2.75, 3.05) is 7.11 Å². The molecule has 0 aromatic heterocycles. The Labute approximate surface area is 115 Å². The maximum atomic E-state index is 13.7. The zero-order chi connectivity index (χ0) is 14.4. The molecule has 0 aliphatic carbocycles. The second kappa shape index (κ2) is 4.59. The van der Waals surface area contributed by atoms with Crippen LogP contribution in [0.5, 0.6) is 17.2 Å². The van der Waals surface area contributed by atoms with Crippen LogP contribution in [0, 0.1) is 23.3 Å². The van der Waals surface area contributed by atoms with Crippen LogP contribution in [0.15, 0.2) is 28.0 Å². The third-order valence-corrected chi connectivity index (χ3v) is 3.88. The first-order chi connectivity index (χ1) is 9.52. The van der Waals surface area contributed by atoms with E-state index in [9.17, 15) is 17.6 Å². The number of methoxy groups -OCH3 is 1. The molecule has 1 aliphatic heterocycles. The van der Waals surface area contributed by atoms with E-state index in [0.717, 1.165) is 11.8 Å². The quantitative estimate of drug-likeness (QED) is 0.374. The van der Waals surface area contributed by atoms with E-state index in [4.69, 9.17) is 9.47 Å². The molecule has 20 heavy (non-hydrogen) atoms. The van der Waals surface area contributed by atoms with Crippen molar-refractivity contribution >= 4 is 11.8 Å². The lowest BCUT2D eigenvalue weighted by atomic mass is 10.2. The van der Waals surface area contributed by atoms with Crippen molar-refractivity contribution in [2.45, 2.75) is 9.79 Å². The number of hydrogen-bond donors (Lipinski definition) is 0. The van der Waals surface area contributed by atoms with Gasteiger partial charge in [-0.2, -0.15) is 4.39 Å². The van der Waals surface area contributed by atoms with Crippen molar-refractivity contribution in [1.82, 2.24) is 0 Å². The van der Waals surface area contributed by atoms with Crippen LogP contribution >= 0.6 is 11.8 Å². The fraction of sp³-hybridized carbons (Fsp3) is 0.0769. The number of rotatable bonds is 1. The van der Waals surface area contributed by atoms with Crippen molar-refractivity contribution in [1.29, 1.82) is 0 Å². The lowest BCUT2D eigenvalue weighted by Crippen LogP contribution is -2.06. The van der Waals surface area contributed by atoms with Crippen LogP contribution in [-0.2, 0) is 0 Å². The molecule has 0 saturated heterocycles. The maximum Gasteiger partial charge on any atom is 0.205 e. The zero-order valence-electron chi connectivity index (χ0n) is 9.97. The summed E-state index contributed by atoms with van der Waals surface area (Å²) in [6, 6.07) is 4.60. The van der Waals surface area contributed by atoms with Gasteiger partial charge in [-0.25, -0.2) is 13.2 Å². The molecule has 0 radical (unpaired) electrons. The molecular formula is C13H6F4O2S. The smallest absolute Gasteiger partial charge is 0.205 e. The molecule has 1 aliphatic rings. The number of fused-ring (bicyclic) bond motifs is 2. The van der Waals surface area contributed by atoms with Crippen molar-refractivity contribution in [2.24, 2.45) is 0 Å². The highest BCUT2D eigenvalue weighted by molar-refractivity contribution is 7.99. The van der Waals surface area contributed by atoms with Gasteiger partial charge in [0.2, 0.25) is 11.6 Å². The minimum absolute atomic E-state index is 0.186. The molecule has 2 nitrogen and oxygen atoms in total. The summed E-state index contributed by atoms with van der Waals surface area (Å²) in [5.41, 5.74) is 0. The van der Waals surface area contributed by atoms with Gasteiger partial charge in [0.1, 0.15) is 11.5 Å². The third kappa shape index (κ3) is 1.81. The fourth-order valence-corrected chi connectivity index (χ4v) is 2.73. The Kier molecular flexibility index (Phi) is 3.01. The SMILES string of the molecule is COc1ccc2c(c1)Oc1c(F)c(F)c(F)c(F)c1S2. The van der Waals surface area contributed by atoms with Gasteiger partial charge in [0, 0.05) is 6.07 Å². The molecule has 0 saturated carbocycles. The molecule has 0 spiro atoms. The number of benzene rings is 2. The molecule has 0 bridgehead atoms. The first-order valence-corrected chi connectivity index (χ1v) is 6.24. The molecule has 1 heterocycles. The van der Waals surface area contributed by atoms with Crippen LogP contribution in [-0.4, -0.2) is 7.11 Å². The first kappa shape index (κ1) is 13.1. The minimum Gasteiger partial charge on any atom is -0.497 e. The highest BCUT2D eigenvalue weighted by Crippen LogP contribution is 2.50. The Bertz CT molecular complexity index is 718. The average molecular weight is 302 g/mol. The minimum atomic E-state index is -1.90. The topological polar surface area (TPSA) is 18.5 Å². The molecule has 7 heteroatoms. The van der Waals surface area contributed by atoms with Gasteiger partial charge in [-0.05, 0) is 12.1 Å². The summed E-state index contributed by atoms with van der Waals surface area (Å²) >= 11 is 0.763. The summed E-state index contributed by atoms with van der Waals surface area (Å²) in [7, 11) is 1.43. The molecule has 104 valence electrons. The number of ether oxygens (including phenoxy) is 2. The Balaban J connectivity index is 2.17.